The van der Waals surface area contributed by atoms with Crippen LogP contribution in [-0.4, -0.2) is 22.4 Å². The Kier molecular flexibility index (Phi) is 5.01. The summed E-state index contributed by atoms with van der Waals surface area (Å²) < 4.78 is 0.681. The van der Waals surface area contributed by atoms with E-state index in [4.69, 9.17) is 0 Å². The van der Waals surface area contributed by atoms with Gasteiger partial charge in [-0.05, 0) is 28.7 Å². The fourth-order valence-electron chi connectivity index (χ4n) is 1.56. The Labute approximate surface area is 132 Å². The molecule has 0 fully saturated rings. The molecule has 0 saturated carbocycles. The third-order valence-electron chi connectivity index (χ3n) is 2.51. The Morgan fingerprint density at radius 1 is 1.50 bits per heavy atom. The van der Waals surface area contributed by atoms with E-state index in [0.717, 1.165) is 5.01 Å². The number of aromatic nitrogens is 1. The molecule has 0 radical (unpaired) electrons. The second-order valence-corrected chi connectivity index (χ2v) is 5.99. The first kappa shape index (κ1) is 14.9. The zero-order valence-corrected chi connectivity index (χ0v) is 13.2. The normalized spacial score (nSPS) is 10.2. The van der Waals surface area contributed by atoms with Crippen molar-refractivity contribution < 1.29 is 9.72 Å². The van der Waals surface area contributed by atoms with Crippen LogP contribution in [0.4, 0.5) is 5.69 Å². The Morgan fingerprint density at radius 2 is 2.30 bits per heavy atom. The van der Waals surface area contributed by atoms with Gasteiger partial charge in [0.2, 0.25) is 0 Å². The molecule has 104 valence electrons. The van der Waals surface area contributed by atoms with Crippen molar-refractivity contribution in [1.82, 2.24) is 10.3 Å². The van der Waals surface area contributed by atoms with Gasteiger partial charge >= 0.3 is 0 Å². The van der Waals surface area contributed by atoms with E-state index in [2.05, 4.69) is 10.3 Å². The van der Waals surface area contributed by atoms with Crippen molar-refractivity contribution in [3.63, 3.8) is 0 Å². The van der Waals surface area contributed by atoms with E-state index in [9.17, 15) is 14.9 Å². The number of thiazole rings is 1. The highest BCUT2D eigenvalue weighted by molar-refractivity contribution is 14.1. The van der Waals surface area contributed by atoms with Crippen LogP contribution in [0.25, 0.3) is 0 Å². The van der Waals surface area contributed by atoms with Gasteiger partial charge in [0.05, 0.1) is 15.5 Å². The van der Waals surface area contributed by atoms with Crippen molar-refractivity contribution in [2.45, 2.75) is 6.42 Å². The minimum absolute atomic E-state index is 0.0875. The first-order valence-corrected chi connectivity index (χ1v) is 7.64. The first-order chi connectivity index (χ1) is 9.58. The van der Waals surface area contributed by atoms with Gasteiger partial charge in [-0.1, -0.05) is 0 Å². The van der Waals surface area contributed by atoms with Crippen molar-refractivity contribution in [2.24, 2.45) is 0 Å². The molecule has 1 aromatic heterocycles. The Balaban J connectivity index is 2.01. The molecule has 0 atom stereocenters. The topological polar surface area (TPSA) is 85.1 Å². The SMILES string of the molecule is O=C(NCCc1nccs1)c1cc([N+](=O)[O-])ccc1I. The molecule has 0 aliphatic rings. The third-order valence-corrected chi connectivity index (χ3v) is 4.29. The lowest BCUT2D eigenvalue weighted by Gasteiger charge is -2.06. The summed E-state index contributed by atoms with van der Waals surface area (Å²) in [5.41, 5.74) is 0.231. The number of nitrogens with zero attached hydrogens (tertiary/aromatic N) is 2. The fraction of sp³-hybridized carbons (Fsp3) is 0.167. The predicted octanol–water partition coefficient (Wildman–Crippen LogP) is 2.63. The van der Waals surface area contributed by atoms with Crippen molar-refractivity contribution in [3.8, 4) is 0 Å². The number of hydrogen-bond donors (Lipinski definition) is 1. The molecule has 2 aromatic rings. The number of amides is 1. The molecular weight excluding hydrogens is 393 g/mol. The number of benzene rings is 1. The number of hydrogen-bond acceptors (Lipinski definition) is 5. The molecule has 1 N–H and O–H groups in total. The van der Waals surface area contributed by atoms with E-state index < -0.39 is 4.92 Å². The van der Waals surface area contributed by atoms with Gasteiger partial charge in [-0.25, -0.2) is 4.98 Å². The van der Waals surface area contributed by atoms with Crippen molar-refractivity contribution >= 4 is 45.5 Å². The average molecular weight is 403 g/mol. The van der Waals surface area contributed by atoms with Crippen LogP contribution in [-0.2, 0) is 6.42 Å². The monoisotopic (exact) mass is 403 g/mol. The molecule has 20 heavy (non-hydrogen) atoms. The zero-order valence-electron chi connectivity index (χ0n) is 10.2. The van der Waals surface area contributed by atoms with Crippen molar-refractivity contribution in [2.75, 3.05) is 6.54 Å². The van der Waals surface area contributed by atoms with Gasteiger partial charge in [-0.3, -0.25) is 14.9 Å². The molecule has 8 heteroatoms. The number of halogens is 1. The van der Waals surface area contributed by atoms with E-state index in [1.165, 1.54) is 23.5 Å². The first-order valence-electron chi connectivity index (χ1n) is 5.68. The van der Waals surface area contributed by atoms with Crippen LogP contribution in [0.15, 0.2) is 29.8 Å². The molecule has 0 aliphatic carbocycles. The highest BCUT2D eigenvalue weighted by Crippen LogP contribution is 2.19. The summed E-state index contributed by atoms with van der Waals surface area (Å²) in [6, 6.07) is 4.24. The van der Waals surface area contributed by atoms with E-state index in [0.29, 0.717) is 22.1 Å². The predicted molar refractivity (Wildman–Crippen MR) is 84.0 cm³/mol. The summed E-state index contributed by atoms with van der Waals surface area (Å²) in [6.07, 6.45) is 2.36. The highest BCUT2D eigenvalue weighted by atomic mass is 127. The number of nitrogens with one attached hydrogen (secondary N) is 1. The Bertz CT molecular complexity index is 631. The molecule has 1 amide bonds. The molecule has 0 spiro atoms. The molecule has 0 bridgehead atoms. The number of nitro groups is 1. The van der Waals surface area contributed by atoms with E-state index in [-0.39, 0.29) is 11.6 Å². The molecule has 1 heterocycles. The summed E-state index contributed by atoms with van der Waals surface area (Å²) >= 11 is 3.51. The van der Waals surface area contributed by atoms with Gasteiger partial charge in [0.1, 0.15) is 0 Å². The lowest BCUT2D eigenvalue weighted by Crippen LogP contribution is -2.26. The average Bonchev–Trinajstić information content (AvgIpc) is 2.92. The maximum Gasteiger partial charge on any atom is 0.270 e. The van der Waals surface area contributed by atoms with E-state index in [1.807, 2.05) is 28.0 Å². The van der Waals surface area contributed by atoms with E-state index in [1.54, 1.807) is 12.3 Å². The second kappa shape index (κ2) is 6.75. The van der Waals surface area contributed by atoms with E-state index >= 15 is 0 Å². The van der Waals surface area contributed by atoms with Crippen LogP contribution in [0.5, 0.6) is 0 Å². The van der Waals surface area contributed by atoms with Crippen LogP contribution < -0.4 is 5.32 Å². The Morgan fingerprint density at radius 3 is 2.95 bits per heavy atom. The molecule has 2 rings (SSSR count). The molecule has 1 aromatic carbocycles. The van der Waals surface area contributed by atoms with Crippen molar-refractivity contribution in [1.29, 1.82) is 0 Å². The van der Waals surface area contributed by atoms with Crippen LogP contribution in [0.1, 0.15) is 15.4 Å². The summed E-state index contributed by atoms with van der Waals surface area (Å²) in [6.45, 7) is 0.450. The summed E-state index contributed by atoms with van der Waals surface area (Å²) in [5.74, 6) is -0.311. The quantitative estimate of drug-likeness (QED) is 0.473. The molecular formula is C12H10IN3O3S. The van der Waals surface area contributed by atoms with Gasteiger partial charge < -0.3 is 5.32 Å². The second-order valence-electron chi connectivity index (χ2n) is 3.85. The van der Waals surface area contributed by atoms with Gasteiger partial charge in [-0.15, -0.1) is 11.3 Å². The Hall–Kier alpha value is -1.55. The van der Waals surface area contributed by atoms with Gasteiger partial charge in [0, 0.05) is 40.2 Å². The molecule has 6 nitrogen and oxygen atoms in total. The van der Waals surface area contributed by atoms with Crippen LogP contribution in [0, 0.1) is 13.7 Å². The highest BCUT2D eigenvalue weighted by Gasteiger charge is 2.15. The largest absolute Gasteiger partial charge is 0.352 e. The zero-order chi connectivity index (χ0) is 14.5. The minimum atomic E-state index is -0.511. The lowest BCUT2D eigenvalue weighted by atomic mass is 10.2. The minimum Gasteiger partial charge on any atom is -0.352 e. The maximum atomic E-state index is 12.0. The molecule has 0 aliphatic heterocycles. The van der Waals surface area contributed by atoms with Crippen LogP contribution in [0.3, 0.4) is 0 Å². The summed E-state index contributed by atoms with van der Waals surface area (Å²) in [5, 5.41) is 16.3. The van der Waals surface area contributed by atoms with Crippen LogP contribution >= 0.6 is 33.9 Å². The number of nitro benzene ring substituents is 1. The van der Waals surface area contributed by atoms with Crippen LogP contribution in [0.2, 0.25) is 0 Å². The van der Waals surface area contributed by atoms with Crippen molar-refractivity contribution in [3.05, 3.63) is 54.0 Å². The standard InChI is InChI=1S/C12H10IN3O3S/c13-10-2-1-8(16(18)19)7-9(10)12(17)15-4-3-11-14-5-6-20-11/h1-2,5-7H,3-4H2,(H,15,17). The smallest absolute Gasteiger partial charge is 0.270 e. The number of non-ortho nitro benzene ring substituents is 1. The fourth-order valence-corrected chi connectivity index (χ4v) is 2.76. The molecule has 0 saturated heterocycles. The third kappa shape index (κ3) is 3.73. The number of carbonyl (C=O) groups excluding carboxylic acids is 1. The number of rotatable bonds is 5. The maximum absolute atomic E-state index is 12.0. The molecule has 0 unspecified atom stereocenters. The summed E-state index contributed by atoms with van der Waals surface area (Å²) in [4.78, 5) is 26.3. The lowest BCUT2D eigenvalue weighted by molar-refractivity contribution is -0.384. The summed E-state index contributed by atoms with van der Waals surface area (Å²) in [7, 11) is 0. The van der Waals surface area contributed by atoms with Gasteiger partial charge in [0.25, 0.3) is 11.6 Å². The van der Waals surface area contributed by atoms with Gasteiger partial charge in [0.15, 0.2) is 0 Å². The number of carbonyl (C=O) groups is 1. The van der Waals surface area contributed by atoms with Gasteiger partial charge in [-0.2, -0.15) is 0 Å².